The maximum Gasteiger partial charge on any atom is 0.119 e. The van der Waals surface area contributed by atoms with Crippen molar-refractivity contribution < 1.29 is 9.84 Å². The van der Waals surface area contributed by atoms with Crippen molar-refractivity contribution in [2.75, 3.05) is 24.6 Å². The number of hydrogen-bond donors (Lipinski definition) is 1. The molecule has 1 aliphatic rings. The molecule has 0 radical (unpaired) electrons. The summed E-state index contributed by atoms with van der Waals surface area (Å²) in [5.41, 5.74) is 4.94. The van der Waals surface area contributed by atoms with Crippen LogP contribution in [-0.4, -0.2) is 30.9 Å². The second kappa shape index (κ2) is 7.63. The average Bonchev–Trinajstić information content (AvgIpc) is 3.10. The van der Waals surface area contributed by atoms with Crippen LogP contribution in [0.15, 0.2) is 78.9 Å². The monoisotopic (exact) mass is 345 g/mol. The number of β-amino-alcohol motifs (C(OH)–C–C–N with tert-alkyl or cyclic N) is 1. The van der Waals surface area contributed by atoms with Crippen molar-refractivity contribution in [3.05, 3.63) is 84.4 Å². The van der Waals surface area contributed by atoms with Crippen LogP contribution < -0.4 is 9.64 Å². The molecule has 1 heterocycles. The zero-order valence-corrected chi connectivity index (χ0v) is 14.7. The Morgan fingerprint density at radius 2 is 1.54 bits per heavy atom. The van der Waals surface area contributed by atoms with Crippen LogP contribution in [0, 0.1) is 0 Å². The van der Waals surface area contributed by atoms with E-state index in [0.29, 0.717) is 13.2 Å². The molecule has 26 heavy (non-hydrogen) atoms. The summed E-state index contributed by atoms with van der Waals surface area (Å²) in [4.78, 5) is 2.24. The Bertz CT molecular complexity index is 846. The molecule has 0 saturated heterocycles. The molecule has 3 heteroatoms. The van der Waals surface area contributed by atoms with Crippen LogP contribution >= 0.6 is 0 Å². The molecule has 1 unspecified atom stereocenters. The van der Waals surface area contributed by atoms with E-state index in [0.717, 1.165) is 24.3 Å². The van der Waals surface area contributed by atoms with Crippen molar-refractivity contribution >= 4 is 5.69 Å². The molecular formula is C23H23NO2. The van der Waals surface area contributed by atoms with Crippen LogP contribution in [0.2, 0.25) is 0 Å². The number of ether oxygens (including phenoxy) is 1. The average molecular weight is 345 g/mol. The van der Waals surface area contributed by atoms with E-state index >= 15 is 0 Å². The Hall–Kier alpha value is -2.78. The van der Waals surface area contributed by atoms with Gasteiger partial charge in [-0.1, -0.05) is 60.7 Å². The molecular weight excluding hydrogens is 322 g/mol. The highest BCUT2D eigenvalue weighted by molar-refractivity contribution is 5.63. The van der Waals surface area contributed by atoms with Gasteiger partial charge >= 0.3 is 0 Å². The summed E-state index contributed by atoms with van der Waals surface area (Å²) in [6.07, 6.45) is 0.528. The molecule has 0 spiro atoms. The smallest absolute Gasteiger partial charge is 0.119 e. The third-order valence-electron chi connectivity index (χ3n) is 4.82. The van der Waals surface area contributed by atoms with Crippen LogP contribution in [0.4, 0.5) is 5.69 Å². The lowest BCUT2D eigenvalue weighted by Crippen LogP contribution is -2.34. The second-order valence-corrected chi connectivity index (χ2v) is 6.68. The minimum absolute atomic E-state index is 0.295. The van der Waals surface area contributed by atoms with Gasteiger partial charge in [0.05, 0.1) is 0 Å². The predicted octanol–water partition coefficient (Wildman–Crippen LogP) is 4.16. The number of rotatable bonds is 6. The molecule has 1 aliphatic heterocycles. The number of anilines is 1. The standard InChI is InChI=1S/C23H23NO2/c25-21(16-24-15-14-20-8-4-5-9-23(20)24)17-26-22-12-10-19(11-13-22)18-6-2-1-3-7-18/h1-13,21,25H,14-17H2. The molecule has 1 N–H and O–H groups in total. The molecule has 0 bridgehead atoms. The van der Waals surface area contributed by atoms with Gasteiger partial charge in [0.15, 0.2) is 0 Å². The highest BCUT2D eigenvalue weighted by Gasteiger charge is 2.20. The Morgan fingerprint density at radius 1 is 0.846 bits per heavy atom. The molecule has 132 valence electrons. The SMILES string of the molecule is OC(COc1ccc(-c2ccccc2)cc1)CN1CCc2ccccc21. The predicted molar refractivity (Wildman–Crippen MR) is 106 cm³/mol. The summed E-state index contributed by atoms with van der Waals surface area (Å²) in [5, 5.41) is 10.4. The third-order valence-corrected chi connectivity index (χ3v) is 4.82. The van der Waals surface area contributed by atoms with E-state index in [1.165, 1.54) is 16.8 Å². The lowest BCUT2D eigenvalue weighted by atomic mass is 10.1. The quantitative estimate of drug-likeness (QED) is 0.728. The minimum Gasteiger partial charge on any atom is -0.491 e. The van der Waals surface area contributed by atoms with Crippen molar-refractivity contribution in [1.29, 1.82) is 0 Å². The molecule has 0 saturated carbocycles. The molecule has 0 fully saturated rings. The molecule has 3 nitrogen and oxygen atoms in total. The molecule has 1 atom stereocenters. The first kappa shape index (κ1) is 16.7. The Labute approximate surface area is 154 Å². The molecule has 3 aromatic carbocycles. The van der Waals surface area contributed by atoms with Gasteiger partial charge in [-0.15, -0.1) is 0 Å². The van der Waals surface area contributed by atoms with Gasteiger partial charge in [0.2, 0.25) is 0 Å². The van der Waals surface area contributed by atoms with Gasteiger partial charge in [-0.25, -0.2) is 0 Å². The van der Waals surface area contributed by atoms with Gasteiger partial charge in [0.25, 0.3) is 0 Å². The Morgan fingerprint density at radius 3 is 2.35 bits per heavy atom. The largest absolute Gasteiger partial charge is 0.491 e. The van der Waals surface area contributed by atoms with E-state index in [1.54, 1.807) is 0 Å². The fourth-order valence-corrected chi connectivity index (χ4v) is 3.47. The van der Waals surface area contributed by atoms with Gasteiger partial charge in [-0.2, -0.15) is 0 Å². The van der Waals surface area contributed by atoms with E-state index in [4.69, 9.17) is 4.74 Å². The highest BCUT2D eigenvalue weighted by Crippen LogP contribution is 2.27. The minimum atomic E-state index is -0.519. The number of aliphatic hydroxyl groups is 1. The van der Waals surface area contributed by atoms with Gasteiger partial charge in [0, 0.05) is 18.8 Å². The zero-order chi connectivity index (χ0) is 17.8. The molecule has 0 aromatic heterocycles. The van der Waals surface area contributed by atoms with E-state index in [-0.39, 0.29) is 0 Å². The summed E-state index contributed by atoms with van der Waals surface area (Å²) in [7, 11) is 0. The van der Waals surface area contributed by atoms with Crippen molar-refractivity contribution in [3.8, 4) is 16.9 Å². The summed E-state index contributed by atoms with van der Waals surface area (Å²) in [6, 6.07) is 26.7. The Kier molecular flexibility index (Phi) is 4.89. The topological polar surface area (TPSA) is 32.7 Å². The number of para-hydroxylation sites is 1. The van der Waals surface area contributed by atoms with Crippen LogP contribution in [0.25, 0.3) is 11.1 Å². The van der Waals surface area contributed by atoms with Crippen molar-refractivity contribution in [2.24, 2.45) is 0 Å². The summed E-state index contributed by atoms with van der Waals surface area (Å²) < 4.78 is 5.78. The first-order valence-corrected chi connectivity index (χ1v) is 9.09. The van der Waals surface area contributed by atoms with Crippen LogP contribution in [0.5, 0.6) is 5.75 Å². The number of nitrogens with zero attached hydrogens (tertiary/aromatic N) is 1. The van der Waals surface area contributed by atoms with Gasteiger partial charge in [-0.05, 0) is 41.3 Å². The number of benzene rings is 3. The highest BCUT2D eigenvalue weighted by atomic mass is 16.5. The molecule has 0 aliphatic carbocycles. The summed E-state index contributed by atoms with van der Waals surface area (Å²) >= 11 is 0. The van der Waals surface area contributed by atoms with E-state index in [2.05, 4.69) is 35.2 Å². The zero-order valence-electron chi connectivity index (χ0n) is 14.7. The third kappa shape index (κ3) is 3.73. The van der Waals surface area contributed by atoms with Gasteiger partial charge < -0.3 is 14.7 Å². The molecule has 3 aromatic rings. The maximum atomic E-state index is 10.4. The second-order valence-electron chi connectivity index (χ2n) is 6.68. The maximum absolute atomic E-state index is 10.4. The lowest BCUT2D eigenvalue weighted by molar-refractivity contribution is 0.112. The van der Waals surface area contributed by atoms with Crippen LogP contribution in [-0.2, 0) is 6.42 Å². The van der Waals surface area contributed by atoms with Gasteiger partial charge in [-0.3, -0.25) is 0 Å². The van der Waals surface area contributed by atoms with Crippen LogP contribution in [0.1, 0.15) is 5.56 Å². The van der Waals surface area contributed by atoms with Crippen LogP contribution in [0.3, 0.4) is 0 Å². The molecule has 0 amide bonds. The number of fused-ring (bicyclic) bond motifs is 1. The Balaban J connectivity index is 1.31. The van der Waals surface area contributed by atoms with E-state index in [9.17, 15) is 5.11 Å². The number of hydrogen-bond acceptors (Lipinski definition) is 3. The normalized spacial score (nSPS) is 14.1. The number of aliphatic hydroxyl groups excluding tert-OH is 1. The van der Waals surface area contributed by atoms with E-state index < -0.39 is 6.10 Å². The van der Waals surface area contributed by atoms with Crippen molar-refractivity contribution in [3.63, 3.8) is 0 Å². The summed E-state index contributed by atoms with van der Waals surface area (Å²) in [6.45, 7) is 1.85. The summed E-state index contributed by atoms with van der Waals surface area (Å²) in [5.74, 6) is 0.783. The van der Waals surface area contributed by atoms with Gasteiger partial charge in [0.1, 0.15) is 18.5 Å². The van der Waals surface area contributed by atoms with Crippen molar-refractivity contribution in [2.45, 2.75) is 12.5 Å². The first-order chi connectivity index (χ1) is 12.8. The molecule has 4 rings (SSSR count). The fraction of sp³-hybridized carbons (Fsp3) is 0.217. The lowest BCUT2D eigenvalue weighted by Gasteiger charge is -2.23. The van der Waals surface area contributed by atoms with E-state index in [1.807, 2.05) is 48.5 Å². The fourth-order valence-electron chi connectivity index (χ4n) is 3.47. The van der Waals surface area contributed by atoms with Crippen molar-refractivity contribution in [1.82, 2.24) is 0 Å². The first-order valence-electron chi connectivity index (χ1n) is 9.09.